The molecule has 0 bridgehead atoms. The Morgan fingerprint density at radius 2 is 2.11 bits per heavy atom. The molecule has 4 heteroatoms. The average molecular weight is 263 g/mol. The van der Waals surface area contributed by atoms with Crippen molar-refractivity contribution in [1.29, 1.82) is 0 Å². The molecule has 19 heavy (non-hydrogen) atoms. The number of carbonyl (C=O) groups excluding carboxylic acids is 1. The Morgan fingerprint density at radius 1 is 1.42 bits per heavy atom. The van der Waals surface area contributed by atoms with E-state index in [1.165, 1.54) is 0 Å². The van der Waals surface area contributed by atoms with Crippen LogP contribution in [-0.2, 0) is 0 Å². The van der Waals surface area contributed by atoms with E-state index in [2.05, 4.69) is 19.2 Å². The van der Waals surface area contributed by atoms with E-state index in [4.69, 9.17) is 5.73 Å². The van der Waals surface area contributed by atoms with Crippen molar-refractivity contribution in [1.82, 2.24) is 4.90 Å². The van der Waals surface area contributed by atoms with Gasteiger partial charge in [-0.05, 0) is 38.0 Å². The normalized spacial score (nSPS) is 13.7. The summed E-state index contributed by atoms with van der Waals surface area (Å²) >= 11 is 0. The lowest BCUT2D eigenvalue weighted by Gasteiger charge is -2.25. The summed E-state index contributed by atoms with van der Waals surface area (Å²) in [5, 5.41) is 2.91. The van der Waals surface area contributed by atoms with E-state index in [-0.39, 0.29) is 18.1 Å². The molecule has 0 saturated carbocycles. The predicted octanol–water partition coefficient (Wildman–Crippen LogP) is 3.36. The van der Waals surface area contributed by atoms with Gasteiger partial charge in [-0.1, -0.05) is 25.5 Å². The third-order valence-electron chi connectivity index (χ3n) is 3.35. The van der Waals surface area contributed by atoms with Crippen molar-refractivity contribution in [3.63, 3.8) is 0 Å². The number of benzene rings is 1. The monoisotopic (exact) mass is 263 g/mol. The highest BCUT2D eigenvalue weighted by Crippen LogP contribution is 2.16. The van der Waals surface area contributed by atoms with Gasteiger partial charge in [-0.15, -0.1) is 0 Å². The van der Waals surface area contributed by atoms with Crippen LogP contribution in [0.3, 0.4) is 0 Å². The van der Waals surface area contributed by atoms with Gasteiger partial charge in [0.25, 0.3) is 0 Å². The van der Waals surface area contributed by atoms with Crippen LogP contribution in [-0.4, -0.2) is 24.0 Å². The van der Waals surface area contributed by atoms with Crippen LogP contribution in [0, 0.1) is 0 Å². The molecule has 2 amide bonds. The van der Waals surface area contributed by atoms with Crippen molar-refractivity contribution < 1.29 is 4.79 Å². The molecule has 0 aromatic heterocycles. The van der Waals surface area contributed by atoms with Crippen LogP contribution in [0.5, 0.6) is 0 Å². The molecule has 4 nitrogen and oxygen atoms in total. The smallest absolute Gasteiger partial charge is 0.321 e. The Morgan fingerprint density at radius 3 is 2.68 bits per heavy atom. The Kier molecular flexibility index (Phi) is 5.83. The standard InChI is InChI=1S/C15H25N3O/c1-5-7-11(2)18(4)15(19)17-14-9-6-8-13(10-14)12(3)16/h6,8-12H,5,7,16H2,1-4H3,(H,17,19). The van der Waals surface area contributed by atoms with Crippen LogP contribution in [0.25, 0.3) is 0 Å². The molecule has 1 aromatic rings. The number of hydrogen-bond donors (Lipinski definition) is 2. The largest absolute Gasteiger partial charge is 0.325 e. The number of carbonyl (C=O) groups is 1. The second-order valence-corrected chi connectivity index (χ2v) is 5.09. The summed E-state index contributed by atoms with van der Waals surface area (Å²) in [7, 11) is 1.82. The lowest BCUT2D eigenvalue weighted by atomic mass is 10.1. The zero-order valence-corrected chi connectivity index (χ0v) is 12.3. The van der Waals surface area contributed by atoms with Gasteiger partial charge in [0.05, 0.1) is 0 Å². The van der Waals surface area contributed by atoms with Crippen molar-refractivity contribution in [3.8, 4) is 0 Å². The summed E-state index contributed by atoms with van der Waals surface area (Å²) in [5.41, 5.74) is 7.64. The van der Waals surface area contributed by atoms with Crippen LogP contribution in [0.15, 0.2) is 24.3 Å². The van der Waals surface area contributed by atoms with Gasteiger partial charge >= 0.3 is 6.03 Å². The number of rotatable bonds is 5. The molecule has 0 spiro atoms. The van der Waals surface area contributed by atoms with Gasteiger partial charge in [0, 0.05) is 24.8 Å². The number of nitrogens with zero attached hydrogens (tertiary/aromatic N) is 1. The molecule has 0 heterocycles. The van der Waals surface area contributed by atoms with Gasteiger partial charge in [-0.25, -0.2) is 4.79 Å². The first-order chi connectivity index (χ1) is 8.95. The van der Waals surface area contributed by atoms with Crippen LogP contribution >= 0.6 is 0 Å². The molecular formula is C15H25N3O. The summed E-state index contributed by atoms with van der Waals surface area (Å²) in [4.78, 5) is 13.8. The fourth-order valence-electron chi connectivity index (χ4n) is 1.92. The van der Waals surface area contributed by atoms with Crippen LogP contribution < -0.4 is 11.1 Å². The van der Waals surface area contributed by atoms with Gasteiger partial charge in [0.15, 0.2) is 0 Å². The van der Waals surface area contributed by atoms with Gasteiger partial charge in [-0.3, -0.25) is 0 Å². The van der Waals surface area contributed by atoms with Crippen molar-refractivity contribution in [2.45, 2.75) is 45.7 Å². The second kappa shape index (κ2) is 7.14. The molecule has 3 N–H and O–H groups in total. The lowest BCUT2D eigenvalue weighted by molar-refractivity contribution is 0.205. The zero-order chi connectivity index (χ0) is 14.4. The van der Waals surface area contributed by atoms with Crippen LogP contribution in [0.1, 0.15) is 45.2 Å². The Balaban J connectivity index is 2.68. The Labute approximate surface area is 116 Å². The van der Waals surface area contributed by atoms with Crippen molar-refractivity contribution in [2.24, 2.45) is 5.73 Å². The minimum atomic E-state index is -0.0808. The van der Waals surface area contributed by atoms with E-state index in [1.807, 2.05) is 38.2 Å². The molecule has 0 aliphatic heterocycles. The zero-order valence-electron chi connectivity index (χ0n) is 12.3. The molecule has 106 valence electrons. The maximum Gasteiger partial charge on any atom is 0.321 e. The summed E-state index contributed by atoms with van der Waals surface area (Å²) in [6.45, 7) is 6.10. The van der Waals surface area contributed by atoms with Crippen molar-refractivity contribution in [3.05, 3.63) is 29.8 Å². The number of anilines is 1. The van der Waals surface area contributed by atoms with E-state index < -0.39 is 0 Å². The number of amides is 2. The van der Waals surface area contributed by atoms with Gasteiger partial charge in [-0.2, -0.15) is 0 Å². The van der Waals surface area contributed by atoms with E-state index >= 15 is 0 Å². The third kappa shape index (κ3) is 4.56. The van der Waals surface area contributed by atoms with E-state index in [0.29, 0.717) is 0 Å². The topological polar surface area (TPSA) is 58.4 Å². The van der Waals surface area contributed by atoms with E-state index in [0.717, 1.165) is 24.1 Å². The molecule has 2 unspecified atom stereocenters. The number of hydrogen-bond acceptors (Lipinski definition) is 2. The highest BCUT2D eigenvalue weighted by Gasteiger charge is 2.15. The first kappa shape index (κ1) is 15.5. The summed E-state index contributed by atoms with van der Waals surface area (Å²) in [6, 6.07) is 7.79. The fraction of sp³-hybridized carbons (Fsp3) is 0.533. The van der Waals surface area contributed by atoms with Crippen LogP contribution in [0.4, 0.5) is 10.5 Å². The van der Waals surface area contributed by atoms with Crippen molar-refractivity contribution >= 4 is 11.7 Å². The summed E-state index contributed by atoms with van der Waals surface area (Å²) in [5.74, 6) is 0. The third-order valence-corrected chi connectivity index (χ3v) is 3.35. The molecule has 0 saturated heterocycles. The lowest BCUT2D eigenvalue weighted by Crippen LogP contribution is -2.38. The Bertz CT molecular complexity index is 418. The number of nitrogens with two attached hydrogens (primary N) is 1. The first-order valence-corrected chi connectivity index (χ1v) is 6.85. The second-order valence-electron chi connectivity index (χ2n) is 5.09. The first-order valence-electron chi connectivity index (χ1n) is 6.85. The fourth-order valence-corrected chi connectivity index (χ4v) is 1.92. The number of urea groups is 1. The molecule has 1 aromatic carbocycles. The quantitative estimate of drug-likeness (QED) is 0.855. The average Bonchev–Trinajstić information content (AvgIpc) is 2.38. The molecule has 0 aliphatic rings. The van der Waals surface area contributed by atoms with E-state index in [1.54, 1.807) is 4.90 Å². The van der Waals surface area contributed by atoms with Gasteiger partial charge in [0.2, 0.25) is 0 Å². The molecule has 2 atom stereocenters. The Hall–Kier alpha value is -1.55. The SMILES string of the molecule is CCCC(C)N(C)C(=O)Nc1cccc(C(C)N)c1. The molecule has 0 fully saturated rings. The summed E-state index contributed by atoms with van der Waals surface area (Å²) in [6.07, 6.45) is 2.07. The number of nitrogens with one attached hydrogen (secondary N) is 1. The summed E-state index contributed by atoms with van der Waals surface area (Å²) < 4.78 is 0. The maximum atomic E-state index is 12.1. The molecule has 0 aliphatic carbocycles. The minimum absolute atomic E-state index is 0.0337. The van der Waals surface area contributed by atoms with Gasteiger partial charge < -0.3 is 16.0 Å². The van der Waals surface area contributed by atoms with Crippen molar-refractivity contribution in [2.75, 3.05) is 12.4 Å². The highest BCUT2D eigenvalue weighted by atomic mass is 16.2. The van der Waals surface area contributed by atoms with Crippen LogP contribution in [0.2, 0.25) is 0 Å². The highest BCUT2D eigenvalue weighted by molar-refractivity contribution is 5.89. The molecule has 1 rings (SSSR count). The maximum absolute atomic E-state index is 12.1. The molecular weight excluding hydrogens is 238 g/mol. The van der Waals surface area contributed by atoms with E-state index in [9.17, 15) is 4.79 Å². The minimum Gasteiger partial charge on any atom is -0.325 e. The van der Waals surface area contributed by atoms with Gasteiger partial charge in [0.1, 0.15) is 0 Å². The molecule has 0 radical (unpaired) electrons. The predicted molar refractivity (Wildman–Crippen MR) is 80.2 cm³/mol.